The summed E-state index contributed by atoms with van der Waals surface area (Å²) in [5, 5.41) is 16.3. The van der Waals surface area contributed by atoms with E-state index >= 15 is 0 Å². The second kappa shape index (κ2) is 10.8. The number of carbonyl (C=O) groups is 1. The number of nitrogens with zero attached hydrogens (tertiary/aromatic N) is 1. The molecule has 0 aromatic heterocycles. The van der Waals surface area contributed by atoms with Gasteiger partial charge in [-0.1, -0.05) is 24.3 Å². The van der Waals surface area contributed by atoms with Gasteiger partial charge in [0.1, 0.15) is 5.75 Å². The van der Waals surface area contributed by atoms with Crippen molar-refractivity contribution in [1.82, 2.24) is 10.2 Å². The molecule has 1 unspecified atom stereocenters. The van der Waals surface area contributed by atoms with Crippen LogP contribution >= 0.6 is 0 Å². The number of rotatable bonds is 9. The van der Waals surface area contributed by atoms with Gasteiger partial charge >= 0.3 is 0 Å². The van der Waals surface area contributed by atoms with E-state index in [4.69, 9.17) is 4.74 Å². The van der Waals surface area contributed by atoms with Crippen LogP contribution < -0.4 is 20.1 Å². The molecule has 10 heteroatoms. The molecule has 3 atom stereocenters. The number of sulfonamides is 1. The molecule has 2 heterocycles. The van der Waals surface area contributed by atoms with Crippen LogP contribution in [0.1, 0.15) is 36.4 Å². The molecular weight excluding hydrogens is 468 g/mol. The maximum Gasteiger partial charge on any atom is 0.260 e. The van der Waals surface area contributed by atoms with Gasteiger partial charge in [-0.05, 0) is 48.6 Å². The van der Waals surface area contributed by atoms with Gasteiger partial charge in [-0.15, -0.1) is 0 Å². The Bertz CT molecular complexity index is 1140. The zero-order chi connectivity index (χ0) is 25.0. The van der Waals surface area contributed by atoms with Crippen molar-refractivity contribution >= 4 is 27.3 Å². The smallest absolute Gasteiger partial charge is 0.260 e. The molecule has 0 spiro atoms. The standard InChI is InChI=1S/C25H34N4O5S/c1-26-25(31)23(34-22-7-3-5-18-6-4-13-27-24(18)22)15-21(29-14-12-20(30)16-29)17-8-10-19(11-9-17)28-35(2,32)33/h3,5,7-11,20-21,23,27-28,30H,4,6,12-16H2,1-2H3,(H,26,31)/t20-,21-,23?/m0/s1. The summed E-state index contributed by atoms with van der Waals surface area (Å²) in [6.45, 7) is 2.05. The molecule has 2 aliphatic rings. The monoisotopic (exact) mass is 502 g/mol. The molecule has 0 saturated carbocycles. The lowest BCUT2D eigenvalue weighted by molar-refractivity contribution is -0.128. The number of likely N-dealkylation sites (tertiary alicyclic amines) is 1. The third kappa shape index (κ3) is 6.45. The van der Waals surface area contributed by atoms with Crippen molar-refractivity contribution < 1.29 is 23.1 Å². The third-order valence-electron chi connectivity index (χ3n) is 6.52. The maximum atomic E-state index is 12.9. The van der Waals surface area contributed by atoms with Gasteiger partial charge in [0.05, 0.1) is 18.0 Å². The summed E-state index contributed by atoms with van der Waals surface area (Å²) >= 11 is 0. The topological polar surface area (TPSA) is 120 Å². The van der Waals surface area contributed by atoms with Gasteiger partial charge in [0.15, 0.2) is 6.10 Å². The predicted molar refractivity (Wildman–Crippen MR) is 136 cm³/mol. The van der Waals surface area contributed by atoms with Crippen LogP contribution in [0, 0.1) is 0 Å². The zero-order valence-electron chi connectivity index (χ0n) is 20.2. The van der Waals surface area contributed by atoms with E-state index in [0.29, 0.717) is 37.4 Å². The van der Waals surface area contributed by atoms with Crippen LogP contribution in [0.2, 0.25) is 0 Å². The Labute approximate surface area is 206 Å². The van der Waals surface area contributed by atoms with Gasteiger partial charge in [0, 0.05) is 44.8 Å². The van der Waals surface area contributed by atoms with E-state index in [2.05, 4.69) is 26.3 Å². The highest BCUT2D eigenvalue weighted by Crippen LogP contribution is 2.35. The van der Waals surface area contributed by atoms with Crippen molar-refractivity contribution in [2.45, 2.75) is 43.9 Å². The van der Waals surface area contributed by atoms with Crippen molar-refractivity contribution in [3.05, 3.63) is 53.6 Å². The Hall–Kier alpha value is -2.82. The summed E-state index contributed by atoms with van der Waals surface area (Å²) in [6, 6.07) is 12.8. The number of aliphatic hydroxyl groups excluding tert-OH is 1. The lowest BCUT2D eigenvalue weighted by atomic mass is 9.98. The first-order valence-electron chi connectivity index (χ1n) is 12.0. The second-order valence-electron chi connectivity index (χ2n) is 9.23. The largest absolute Gasteiger partial charge is 0.478 e. The normalized spacial score (nSPS) is 19.8. The van der Waals surface area contributed by atoms with E-state index in [1.165, 1.54) is 5.56 Å². The average Bonchev–Trinajstić information content (AvgIpc) is 3.27. The molecule has 0 radical (unpaired) electrons. The van der Waals surface area contributed by atoms with Crippen molar-refractivity contribution in [2.75, 3.05) is 43.0 Å². The van der Waals surface area contributed by atoms with Crippen LogP contribution in [0.4, 0.5) is 11.4 Å². The lowest BCUT2D eigenvalue weighted by Gasteiger charge is -2.32. The number of nitrogens with one attached hydrogen (secondary N) is 3. The molecule has 35 heavy (non-hydrogen) atoms. The van der Waals surface area contributed by atoms with Gasteiger partial charge in [0.25, 0.3) is 5.91 Å². The fraction of sp³-hybridized carbons (Fsp3) is 0.480. The van der Waals surface area contributed by atoms with Gasteiger partial charge in [-0.3, -0.25) is 14.4 Å². The molecule has 190 valence electrons. The zero-order valence-corrected chi connectivity index (χ0v) is 21.0. The van der Waals surface area contributed by atoms with Crippen LogP contribution in [-0.4, -0.2) is 69.5 Å². The van der Waals surface area contributed by atoms with E-state index in [-0.39, 0.29) is 11.9 Å². The molecule has 1 fully saturated rings. The summed E-state index contributed by atoms with van der Waals surface area (Å²) in [7, 11) is -1.79. The van der Waals surface area contributed by atoms with Crippen molar-refractivity contribution in [3.63, 3.8) is 0 Å². The highest BCUT2D eigenvalue weighted by Gasteiger charge is 2.33. The molecule has 1 amide bonds. The van der Waals surface area contributed by atoms with Crippen LogP contribution in [0.3, 0.4) is 0 Å². The summed E-state index contributed by atoms with van der Waals surface area (Å²) in [5.41, 5.74) is 3.51. The van der Waals surface area contributed by atoms with Crippen LogP contribution in [0.15, 0.2) is 42.5 Å². The number of ether oxygens (including phenoxy) is 1. The first kappa shape index (κ1) is 25.3. The van der Waals surface area contributed by atoms with Crippen LogP contribution in [0.25, 0.3) is 0 Å². The van der Waals surface area contributed by atoms with Crippen molar-refractivity contribution in [2.24, 2.45) is 0 Å². The SMILES string of the molecule is CNC(=O)C(C[C@@H](c1ccc(NS(C)(=O)=O)cc1)N1CC[C@H](O)C1)Oc1cccc2c1NCCC2. The number of β-amino-alcohol motifs (C(OH)–C–C–N with tert-alkyl or cyclic N) is 1. The average molecular weight is 503 g/mol. The highest BCUT2D eigenvalue weighted by atomic mass is 32.2. The molecular formula is C25H34N4O5S. The van der Waals surface area contributed by atoms with Gasteiger partial charge in [0.2, 0.25) is 10.0 Å². The van der Waals surface area contributed by atoms with Gasteiger partial charge < -0.3 is 20.5 Å². The maximum absolute atomic E-state index is 12.9. The van der Waals surface area contributed by atoms with Crippen LogP contribution in [-0.2, 0) is 21.2 Å². The highest BCUT2D eigenvalue weighted by molar-refractivity contribution is 7.92. The Morgan fingerprint density at radius 3 is 2.69 bits per heavy atom. The Balaban J connectivity index is 1.61. The lowest BCUT2D eigenvalue weighted by Crippen LogP contribution is -2.40. The predicted octanol–water partition coefficient (Wildman–Crippen LogP) is 2.11. The first-order valence-corrected chi connectivity index (χ1v) is 13.9. The molecule has 2 aliphatic heterocycles. The molecule has 4 N–H and O–H groups in total. The number of aliphatic hydroxyl groups is 1. The van der Waals surface area contributed by atoms with Crippen LogP contribution in [0.5, 0.6) is 5.75 Å². The molecule has 0 bridgehead atoms. The summed E-state index contributed by atoms with van der Waals surface area (Å²) in [4.78, 5) is 15.1. The fourth-order valence-electron chi connectivity index (χ4n) is 4.84. The number of hydrogen-bond donors (Lipinski definition) is 4. The Kier molecular flexibility index (Phi) is 7.83. The number of amides is 1. The van der Waals surface area contributed by atoms with Crippen molar-refractivity contribution in [3.8, 4) is 5.75 Å². The summed E-state index contributed by atoms with van der Waals surface area (Å²) in [5.74, 6) is 0.433. The van der Waals surface area contributed by atoms with E-state index in [1.54, 1.807) is 19.2 Å². The number of likely N-dealkylation sites (N-methyl/N-ethyl adjacent to an activating group) is 1. The van der Waals surface area contributed by atoms with E-state index in [1.807, 2.05) is 24.3 Å². The minimum Gasteiger partial charge on any atom is -0.478 e. The minimum atomic E-state index is -3.38. The van der Waals surface area contributed by atoms with Crippen molar-refractivity contribution in [1.29, 1.82) is 0 Å². The third-order valence-corrected chi connectivity index (χ3v) is 7.12. The molecule has 2 aromatic carbocycles. The van der Waals surface area contributed by atoms with E-state index in [0.717, 1.165) is 36.9 Å². The summed E-state index contributed by atoms with van der Waals surface area (Å²) in [6.07, 6.45) is 2.98. The molecule has 9 nitrogen and oxygen atoms in total. The van der Waals surface area contributed by atoms with Gasteiger partial charge in [-0.2, -0.15) is 0 Å². The first-order chi connectivity index (χ1) is 16.7. The minimum absolute atomic E-state index is 0.200. The number of fused-ring (bicyclic) bond motifs is 1. The molecule has 0 aliphatic carbocycles. The molecule has 1 saturated heterocycles. The number of hydrogen-bond acceptors (Lipinski definition) is 7. The molecule has 4 rings (SSSR count). The number of benzene rings is 2. The number of anilines is 2. The van der Waals surface area contributed by atoms with E-state index in [9.17, 15) is 18.3 Å². The number of para-hydroxylation sites is 1. The van der Waals surface area contributed by atoms with Gasteiger partial charge in [-0.25, -0.2) is 8.42 Å². The summed E-state index contributed by atoms with van der Waals surface area (Å²) < 4.78 is 32.0. The Morgan fingerprint density at radius 2 is 2.03 bits per heavy atom. The number of aryl methyl sites for hydroxylation is 1. The fourth-order valence-corrected chi connectivity index (χ4v) is 5.40. The quantitative estimate of drug-likeness (QED) is 0.415. The Morgan fingerprint density at radius 1 is 1.26 bits per heavy atom. The van der Waals surface area contributed by atoms with E-state index < -0.39 is 22.2 Å². The molecule has 2 aromatic rings. The second-order valence-corrected chi connectivity index (χ2v) is 11.0. The number of carbonyl (C=O) groups excluding carboxylic acids is 1.